The van der Waals surface area contributed by atoms with Crippen LogP contribution in [0.2, 0.25) is 5.02 Å². The molecule has 1 aromatic carbocycles. The largest absolute Gasteiger partial charge is 0.390 e. The number of amides is 1. The topological polar surface area (TPSA) is 70.0 Å². The smallest absolute Gasteiger partial charge is 0.222 e. The molecule has 0 saturated carbocycles. The number of hydrogen-bond acceptors (Lipinski definition) is 4. The number of benzene rings is 1. The van der Waals surface area contributed by atoms with Crippen molar-refractivity contribution < 1.29 is 19.7 Å². The van der Waals surface area contributed by atoms with E-state index in [2.05, 4.69) is 0 Å². The summed E-state index contributed by atoms with van der Waals surface area (Å²) in [6.07, 6.45) is 1.40. The molecule has 1 amide bonds. The molecule has 6 heteroatoms. The molecule has 2 N–H and O–H groups in total. The molecule has 2 heterocycles. The number of hydrogen-bond donors (Lipinski definition) is 2. The number of rotatable bonds is 3. The van der Waals surface area contributed by atoms with Crippen LogP contribution in [0.4, 0.5) is 0 Å². The van der Waals surface area contributed by atoms with Crippen LogP contribution in [0.5, 0.6) is 0 Å². The van der Waals surface area contributed by atoms with E-state index in [0.29, 0.717) is 50.2 Å². The zero-order chi connectivity index (χ0) is 17.2. The fourth-order valence-electron chi connectivity index (χ4n) is 3.56. The highest BCUT2D eigenvalue weighted by atomic mass is 35.5. The van der Waals surface area contributed by atoms with Gasteiger partial charge < -0.3 is 19.8 Å². The molecule has 0 radical (unpaired) electrons. The highest BCUT2D eigenvalue weighted by Gasteiger charge is 2.43. The number of nitrogens with zero attached hydrogens (tertiary/aromatic N) is 1. The van der Waals surface area contributed by atoms with E-state index in [9.17, 15) is 15.0 Å². The number of halogens is 1. The molecule has 0 bridgehead atoms. The standard InChI is InChI=1S/C18H24ClNO4/c19-14-4-2-1-3-13(14)5-6-17(23)20-9-7-18(8-10-20)11-15(21)16(22)12-24-18/h1-4,15-16,21-22H,5-12H2/t15-,16+/m1/s1. The van der Waals surface area contributed by atoms with Gasteiger partial charge in [0.25, 0.3) is 0 Å². The summed E-state index contributed by atoms with van der Waals surface area (Å²) in [5.74, 6) is 0.126. The number of likely N-dealkylation sites (tertiary alicyclic amines) is 1. The summed E-state index contributed by atoms with van der Waals surface area (Å²) in [5.41, 5.74) is 0.603. The van der Waals surface area contributed by atoms with Crippen LogP contribution in [0.25, 0.3) is 0 Å². The Morgan fingerprint density at radius 1 is 1.25 bits per heavy atom. The third kappa shape index (κ3) is 3.91. The van der Waals surface area contributed by atoms with Gasteiger partial charge in [0.2, 0.25) is 5.91 Å². The Morgan fingerprint density at radius 2 is 1.96 bits per heavy atom. The summed E-state index contributed by atoms with van der Waals surface area (Å²) in [6, 6.07) is 7.60. The van der Waals surface area contributed by atoms with Crippen molar-refractivity contribution in [3.63, 3.8) is 0 Å². The molecule has 1 aromatic rings. The third-order valence-corrected chi connectivity index (χ3v) is 5.55. The van der Waals surface area contributed by atoms with Crippen molar-refractivity contribution in [3.8, 4) is 0 Å². The number of aryl methyl sites for hydroxylation is 1. The highest BCUT2D eigenvalue weighted by molar-refractivity contribution is 6.31. The van der Waals surface area contributed by atoms with E-state index in [0.717, 1.165) is 5.56 Å². The maximum atomic E-state index is 12.4. The van der Waals surface area contributed by atoms with E-state index in [1.54, 1.807) is 0 Å². The van der Waals surface area contributed by atoms with E-state index in [1.165, 1.54) is 0 Å². The quantitative estimate of drug-likeness (QED) is 0.869. The van der Waals surface area contributed by atoms with Crippen LogP contribution < -0.4 is 0 Å². The van der Waals surface area contributed by atoms with Crippen LogP contribution in [0.15, 0.2) is 24.3 Å². The fraction of sp³-hybridized carbons (Fsp3) is 0.611. The lowest BCUT2D eigenvalue weighted by atomic mass is 9.82. The van der Waals surface area contributed by atoms with E-state index in [1.807, 2.05) is 29.2 Å². The van der Waals surface area contributed by atoms with Crippen molar-refractivity contribution >= 4 is 17.5 Å². The molecule has 2 atom stereocenters. The first-order valence-electron chi connectivity index (χ1n) is 8.50. The Hall–Kier alpha value is -1.14. The summed E-state index contributed by atoms with van der Waals surface area (Å²) in [4.78, 5) is 14.3. The zero-order valence-corrected chi connectivity index (χ0v) is 14.4. The summed E-state index contributed by atoms with van der Waals surface area (Å²) >= 11 is 6.13. The Bertz CT molecular complexity index is 586. The van der Waals surface area contributed by atoms with E-state index in [-0.39, 0.29) is 12.5 Å². The predicted molar refractivity (Wildman–Crippen MR) is 90.9 cm³/mol. The van der Waals surface area contributed by atoms with Gasteiger partial charge in [-0.2, -0.15) is 0 Å². The van der Waals surface area contributed by atoms with Gasteiger partial charge in [-0.05, 0) is 30.9 Å². The van der Waals surface area contributed by atoms with Crippen LogP contribution in [0.3, 0.4) is 0 Å². The first kappa shape index (κ1) is 17.7. The average molecular weight is 354 g/mol. The molecule has 2 fully saturated rings. The van der Waals surface area contributed by atoms with Gasteiger partial charge >= 0.3 is 0 Å². The van der Waals surface area contributed by atoms with Crippen LogP contribution in [-0.2, 0) is 16.0 Å². The highest BCUT2D eigenvalue weighted by Crippen LogP contribution is 2.35. The monoisotopic (exact) mass is 353 g/mol. The summed E-state index contributed by atoms with van der Waals surface area (Å²) in [6.45, 7) is 1.43. The molecular formula is C18H24ClNO4. The molecule has 24 heavy (non-hydrogen) atoms. The van der Waals surface area contributed by atoms with Crippen LogP contribution in [0.1, 0.15) is 31.2 Å². The van der Waals surface area contributed by atoms with Gasteiger partial charge in [-0.25, -0.2) is 0 Å². The fourth-order valence-corrected chi connectivity index (χ4v) is 3.79. The minimum absolute atomic E-state index is 0.126. The molecule has 0 aromatic heterocycles. The molecule has 132 valence electrons. The van der Waals surface area contributed by atoms with E-state index in [4.69, 9.17) is 16.3 Å². The average Bonchev–Trinajstić information content (AvgIpc) is 2.58. The SMILES string of the molecule is O=C(CCc1ccccc1Cl)N1CCC2(CC1)C[C@@H](O)[C@@H](O)CO2. The lowest BCUT2D eigenvalue weighted by Gasteiger charge is -2.46. The van der Waals surface area contributed by atoms with Crippen LogP contribution in [-0.4, -0.2) is 58.5 Å². The zero-order valence-electron chi connectivity index (χ0n) is 13.7. The van der Waals surface area contributed by atoms with Gasteiger partial charge in [-0.3, -0.25) is 4.79 Å². The number of ether oxygens (including phenoxy) is 1. The molecule has 2 aliphatic rings. The molecule has 3 rings (SSSR count). The Kier molecular flexibility index (Phi) is 5.45. The molecule has 0 unspecified atom stereocenters. The lowest BCUT2D eigenvalue weighted by Crippen LogP contribution is -2.55. The van der Waals surface area contributed by atoms with Crippen LogP contribution in [0, 0.1) is 0 Å². The molecule has 2 saturated heterocycles. The normalized spacial score (nSPS) is 26.5. The van der Waals surface area contributed by atoms with Crippen molar-refractivity contribution in [1.29, 1.82) is 0 Å². The lowest BCUT2D eigenvalue weighted by molar-refractivity contribution is -0.188. The number of carbonyl (C=O) groups excluding carboxylic acids is 1. The second-order valence-electron chi connectivity index (χ2n) is 6.81. The van der Waals surface area contributed by atoms with Gasteiger partial charge in [0, 0.05) is 31.0 Å². The molecule has 2 aliphatic heterocycles. The Labute approximate surface area is 147 Å². The third-order valence-electron chi connectivity index (χ3n) is 5.18. The Balaban J connectivity index is 1.49. The predicted octanol–water partition coefficient (Wildman–Crippen LogP) is 1.78. The summed E-state index contributed by atoms with van der Waals surface area (Å²) in [7, 11) is 0. The second-order valence-corrected chi connectivity index (χ2v) is 7.21. The minimum Gasteiger partial charge on any atom is -0.390 e. The summed E-state index contributed by atoms with van der Waals surface area (Å²) < 4.78 is 5.80. The second kappa shape index (κ2) is 7.40. The van der Waals surface area contributed by atoms with Crippen molar-refractivity contribution in [2.45, 2.75) is 49.9 Å². The maximum Gasteiger partial charge on any atom is 0.222 e. The van der Waals surface area contributed by atoms with E-state index < -0.39 is 17.8 Å². The van der Waals surface area contributed by atoms with Gasteiger partial charge in [-0.1, -0.05) is 29.8 Å². The van der Waals surface area contributed by atoms with Crippen LogP contribution >= 0.6 is 11.6 Å². The number of carbonyl (C=O) groups is 1. The first-order chi connectivity index (χ1) is 11.5. The van der Waals surface area contributed by atoms with Crippen molar-refractivity contribution in [3.05, 3.63) is 34.9 Å². The van der Waals surface area contributed by atoms with Crippen molar-refractivity contribution in [2.24, 2.45) is 0 Å². The molecular weight excluding hydrogens is 330 g/mol. The maximum absolute atomic E-state index is 12.4. The first-order valence-corrected chi connectivity index (χ1v) is 8.88. The molecule has 1 spiro atoms. The van der Waals surface area contributed by atoms with E-state index >= 15 is 0 Å². The number of aliphatic hydroxyl groups excluding tert-OH is 2. The van der Waals surface area contributed by atoms with Crippen molar-refractivity contribution in [1.82, 2.24) is 4.90 Å². The minimum atomic E-state index is -0.800. The summed E-state index contributed by atoms with van der Waals surface area (Å²) in [5, 5.41) is 20.2. The van der Waals surface area contributed by atoms with Gasteiger partial charge in [0.05, 0.1) is 18.3 Å². The number of piperidine rings is 1. The molecule has 0 aliphatic carbocycles. The van der Waals surface area contributed by atoms with Gasteiger partial charge in [0.15, 0.2) is 0 Å². The number of aliphatic hydroxyl groups is 2. The Morgan fingerprint density at radius 3 is 2.62 bits per heavy atom. The van der Waals surface area contributed by atoms with Crippen molar-refractivity contribution in [2.75, 3.05) is 19.7 Å². The van der Waals surface area contributed by atoms with Gasteiger partial charge in [0.1, 0.15) is 6.10 Å². The van der Waals surface area contributed by atoms with Gasteiger partial charge in [-0.15, -0.1) is 0 Å². The molecule has 5 nitrogen and oxygen atoms in total.